The summed E-state index contributed by atoms with van der Waals surface area (Å²) in [6.45, 7) is 10.3. The van der Waals surface area contributed by atoms with Crippen LogP contribution in [-0.4, -0.2) is 23.0 Å². The Morgan fingerprint density at radius 2 is 1.91 bits per heavy atom. The number of ketones is 1. The Balaban J connectivity index is 2.64. The lowest BCUT2D eigenvalue weighted by atomic mass is 9.79. The lowest BCUT2D eigenvalue weighted by molar-refractivity contribution is -0.124. The van der Waals surface area contributed by atoms with Gasteiger partial charge < -0.3 is 4.74 Å². The second-order valence-corrected chi connectivity index (χ2v) is 8.14. The molecule has 0 radical (unpaired) electrons. The summed E-state index contributed by atoms with van der Waals surface area (Å²) in [4.78, 5) is 26.6. The molecule has 1 aromatic carbocycles. The third-order valence-corrected chi connectivity index (χ3v) is 4.52. The van der Waals surface area contributed by atoms with Crippen LogP contribution in [-0.2, 0) is 9.53 Å². The van der Waals surface area contributed by atoms with Gasteiger partial charge in [-0.1, -0.05) is 6.92 Å². The maximum absolute atomic E-state index is 14.0. The van der Waals surface area contributed by atoms with E-state index in [4.69, 9.17) is 4.74 Å². The summed E-state index contributed by atoms with van der Waals surface area (Å²) in [6, 6.07) is 2.83. The summed E-state index contributed by atoms with van der Waals surface area (Å²) in [5.41, 5.74) is -0.854. The summed E-state index contributed by atoms with van der Waals surface area (Å²) >= 11 is 3.14. The van der Waals surface area contributed by atoms with Gasteiger partial charge in [0.15, 0.2) is 5.78 Å². The van der Waals surface area contributed by atoms with E-state index in [9.17, 15) is 14.0 Å². The second kappa shape index (κ2) is 5.58. The van der Waals surface area contributed by atoms with Gasteiger partial charge in [0.25, 0.3) is 0 Å². The molecule has 0 aliphatic carbocycles. The first kappa shape index (κ1) is 17.9. The molecule has 1 atom stereocenters. The lowest BCUT2D eigenvalue weighted by Gasteiger charge is -2.44. The molecule has 0 bridgehead atoms. The van der Waals surface area contributed by atoms with Gasteiger partial charge in [-0.3, -0.25) is 9.69 Å². The molecule has 1 aromatic rings. The molecule has 0 N–H and O–H groups in total. The van der Waals surface area contributed by atoms with Crippen LogP contribution in [0.3, 0.4) is 0 Å². The predicted octanol–water partition coefficient (Wildman–Crippen LogP) is 4.79. The number of hydrogen-bond donors (Lipinski definition) is 0. The molecule has 1 unspecified atom stereocenters. The summed E-state index contributed by atoms with van der Waals surface area (Å²) < 4.78 is 19.7. The Morgan fingerprint density at radius 3 is 2.43 bits per heavy atom. The summed E-state index contributed by atoms with van der Waals surface area (Å²) in [5.74, 6) is -1.04. The van der Waals surface area contributed by atoms with E-state index in [0.717, 1.165) is 0 Å². The van der Waals surface area contributed by atoms with Gasteiger partial charge >= 0.3 is 6.09 Å². The molecule has 0 saturated heterocycles. The van der Waals surface area contributed by atoms with Gasteiger partial charge in [-0.25, -0.2) is 9.18 Å². The van der Waals surface area contributed by atoms with Gasteiger partial charge in [0.05, 0.1) is 10.2 Å². The number of halogens is 2. The zero-order chi connectivity index (χ0) is 17.7. The normalized spacial score (nSPS) is 20.3. The zero-order valence-electron chi connectivity index (χ0n) is 14.2. The Bertz CT molecular complexity index is 679. The van der Waals surface area contributed by atoms with Crippen molar-refractivity contribution in [1.29, 1.82) is 0 Å². The van der Waals surface area contributed by atoms with Gasteiger partial charge in [0.2, 0.25) is 0 Å². The molecular formula is C17H21BrFNO3. The van der Waals surface area contributed by atoms with Gasteiger partial charge in [-0.15, -0.1) is 0 Å². The number of rotatable bonds is 0. The first-order valence-electron chi connectivity index (χ1n) is 7.42. The summed E-state index contributed by atoms with van der Waals surface area (Å²) in [6.07, 6.45) is -0.661. The third kappa shape index (κ3) is 3.13. The standard InChI is InChI=1S/C17H21BrFNO3/c1-9-10-7-11(18)12(19)8-13(10)20(17(5,6)14(9)21)15(22)23-16(2,3)4/h7-9H,1-6H3. The van der Waals surface area contributed by atoms with E-state index in [1.54, 1.807) is 47.6 Å². The molecule has 1 heterocycles. The Morgan fingerprint density at radius 1 is 1.35 bits per heavy atom. The number of fused-ring (bicyclic) bond motifs is 1. The van der Waals surface area contributed by atoms with E-state index in [-0.39, 0.29) is 10.3 Å². The second-order valence-electron chi connectivity index (χ2n) is 7.29. The van der Waals surface area contributed by atoms with E-state index in [1.165, 1.54) is 11.0 Å². The fourth-order valence-corrected chi connectivity index (χ4v) is 3.17. The quantitative estimate of drug-likeness (QED) is 0.644. The van der Waals surface area contributed by atoms with Crippen molar-refractivity contribution in [3.63, 3.8) is 0 Å². The predicted molar refractivity (Wildman–Crippen MR) is 90.3 cm³/mol. The first-order chi connectivity index (χ1) is 10.4. The van der Waals surface area contributed by atoms with Crippen molar-refractivity contribution in [3.05, 3.63) is 28.0 Å². The topological polar surface area (TPSA) is 46.6 Å². The molecule has 1 amide bonds. The molecule has 6 heteroatoms. The van der Waals surface area contributed by atoms with Crippen LogP contribution < -0.4 is 4.90 Å². The van der Waals surface area contributed by atoms with Crippen molar-refractivity contribution in [1.82, 2.24) is 0 Å². The number of carbonyl (C=O) groups is 2. The van der Waals surface area contributed by atoms with Crippen molar-refractivity contribution in [2.75, 3.05) is 4.90 Å². The van der Waals surface area contributed by atoms with Crippen LogP contribution in [0.2, 0.25) is 0 Å². The molecule has 0 aromatic heterocycles. The van der Waals surface area contributed by atoms with Crippen molar-refractivity contribution >= 4 is 33.5 Å². The maximum Gasteiger partial charge on any atom is 0.415 e. The van der Waals surface area contributed by atoms with Crippen molar-refractivity contribution in [2.24, 2.45) is 0 Å². The van der Waals surface area contributed by atoms with Gasteiger partial charge in [-0.05, 0) is 68.2 Å². The highest BCUT2D eigenvalue weighted by Crippen LogP contribution is 2.43. The maximum atomic E-state index is 14.0. The van der Waals surface area contributed by atoms with E-state index < -0.39 is 29.0 Å². The molecule has 23 heavy (non-hydrogen) atoms. The number of Topliss-reactive ketones (excluding diaryl/α,β-unsaturated/α-hetero) is 1. The van der Waals surface area contributed by atoms with Gasteiger partial charge in [0, 0.05) is 5.92 Å². The molecule has 1 aliphatic rings. The fraction of sp³-hybridized carbons (Fsp3) is 0.529. The van der Waals surface area contributed by atoms with Crippen molar-refractivity contribution in [3.8, 4) is 0 Å². The summed E-state index contributed by atoms with van der Waals surface area (Å²) in [5, 5.41) is 0. The van der Waals surface area contributed by atoms with Crippen LogP contribution >= 0.6 is 15.9 Å². The monoisotopic (exact) mass is 385 g/mol. The van der Waals surface area contributed by atoms with E-state index in [2.05, 4.69) is 15.9 Å². The van der Waals surface area contributed by atoms with Gasteiger partial charge in [0.1, 0.15) is 17.0 Å². The van der Waals surface area contributed by atoms with Crippen LogP contribution in [0.15, 0.2) is 16.6 Å². The van der Waals surface area contributed by atoms with Gasteiger partial charge in [-0.2, -0.15) is 0 Å². The molecule has 126 valence electrons. The van der Waals surface area contributed by atoms with Crippen LogP contribution in [0.1, 0.15) is 53.0 Å². The largest absolute Gasteiger partial charge is 0.443 e. The van der Waals surface area contributed by atoms with Crippen LogP contribution in [0.5, 0.6) is 0 Å². The van der Waals surface area contributed by atoms with E-state index >= 15 is 0 Å². The summed E-state index contributed by atoms with van der Waals surface area (Å²) in [7, 11) is 0. The molecule has 0 spiro atoms. The highest BCUT2D eigenvalue weighted by Gasteiger charge is 2.48. The van der Waals surface area contributed by atoms with Crippen LogP contribution in [0, 0.1) is 5.82 Å². The minimum atomic E-state index is -1.12. The number of anilines is 1. The molecule has 0 fully saturated rings. The van der Waals surface area contributed by atoms with Crippen LogP contribution in [0.4, 0.5) is 14.9 Å². The SMILES string of the molecule is CC1C(=O)C(C)(C)N(C(=O)OC(C)(C)C)c2cc(F)c(Br)cc21. The minimum absolute atomic E-state index is 0.116. The van der Waals surface area contributed by atoms with E-state index in [1.807, 2.05) is 0 Å². The average Bonchev–Trinajstić information content (AvgIpc) is 2.37. The minimum Gasteiger partial charge on any atom is -0.443 e. The molecule has 2 rings (SSSR count). The first-order valence-corrected chi connectivity index (χ1v) is 8.22. The lowest BCUT2D eigenvalue weighted by Crippen LogP contribution is -2.58. The third-order valence-electron chi connectivity index (χ3n) is 3.91. The fourth-order valence-electron chi connectivity index (χ4n) is 2.81. The number of ether oxygens (including phenoxy) is 1. The van der Waals surface area contributed by atoms with Crippen molar-refractivity contribution < 1.29 is 18.7 Å². The average molecular weight is 386 g/mol. The Hall–Kier alpha value is -1.43. The number of hydrogen-bond acceptors (Lipinski definition) is 3. The van der Waals surface area contributed by atoms with E-state index in [0.29, 0.717) is 11.3 Å². The zero-order valence-corrected chi connectivity index (χ0v) is 15.7. The highest BCUT2D eigenvalue weighted by molar-refractivity contribution is 9.10. The molecular weight excluding hydrogens is 365 g/mol. The van der Waals surface area contributed by atoms with Crippen molar-refractivity contribution in [2.45, 2.75) is 58.6 Å². The van der Waals surface area contributed by atoms with Crippen LogP contribution in [0.25, 0.3) is 0 Å². The highest BCUT2D eigenvalue weighted by atomic mass is 79.9. The number of benzene rings is 1. The molecule has 1 aliphatic heterocycles. The molecule has 0 saturated carbocycles. The number of amides is 1. The number of nitrogens with zero attached hydrogens (tertiary/aromatic N) is 1. The molecule has 4 nitrogen and oxygen atoms in total. The smallest absolute Gasteiger partial charge is 0.415 e. The Kier molecular flexibility index (Phi) is 4.35. The Labute approximate surface area is 144 Å². The number of carbonyl (C=O) groups excluding carboxylic acids is 2.